The molecule has 0 bridgehead atoms. The van der Waals surface area contributed by atoms with Crippen LogP contribution >= 0.6 is 0 Å². The van der Waals surface area contributed by atoms with Crippen LogP contribution in [0.3, 0.4) is 0 Å². The molecule has 2 aromatic heterocycles. The molecule has 7 nitrogen and oxygen atoms in total. The molecule has 1 aliphatic rings. The Hall–Kier alpha value is -2.15. The maximum Gasteiger partial charge on any atom is 0.240 e. The fraction of sp³-hybridized carbons (Fsp3) is 0.588. The molecular weight excluding hydrogens is 306 g/mol. The van der Waals surface area contributed by atoms with E-state index in [1.807, 2.05) is 31.8 Å². The topological polar surface area (TPSA) is 76.2 Å². The number of hydrogen-bond donors (Lipinski definition) is 1. The zero-order valence-corrected chi connectivity index (χ0v) is 14.5. The van der Waals surface area contributed by atoms with Gasteiger partial charge in [-0.2, -0.15) is 5.10 Å². The first-order chi connectivity index (χ1) is 11.5. The summed E-state index contributed by atoms with van der Waals surface area (Å²) in [5.41, 5.74) is 2.15. The van der Waals surface area contributed by atoms with Crippen molar-refractivity contribution in [2.75, 3.05) is 25.0 Å². The molecule has 0 radical (unpaired) electrons. The third kappa shape index (κ3) is 4.03. The van der Waals surface area contributed by atoms with Crippen molar-refractivity contribution >= 4 is 11.8 Å². The van der Waals surface area contributed by atoms with Gasteiger partial charge in [-0.1, -0.05) is 19.0 Å². The molecule has 24 heavy (non-hydrogen) atoms. The van der Waals surface area contributed by atoms with E-state index in [9.17, 15) is 4.79 Å². The van der Waals surface area contributed by atoms with Gasteiger partial charge in [0.25, 0.3) is 0 Å². The average Bonchev–Trinajstić information content (AvgIpc) is 3.17. The van der Waals surface area contributed by atoms with Crippen molar-refractivity contribution in [3.05, 3.63) is 29.7 Å². The van der Waals surface area contributed by atoms with Gasteiger partial charge in [0.05, 0.1) is 18.4 Å². The molecule has 1 N–H and O–H groups in total. The minimum atomic E-state index is -0.0544. The van der Waals surface area contributed by atoms with Crippen molar-refractivity contribution in [1.29, 1.82) is 0 Å². The summed E-state index contributed by atoms with van der Waals surface area (Å²) in [5, 5.41) is 11.0. The summed E-state index contributed by atoms with van der Waals surface area (Å²) in [6, 6.07) is 1.79. The molecule has 7 heteroatoms. The van der Waals surface area contributed by atoms with Crippen LogP contribution in [0.1, 0.15) is 49.8 Å². The lowest BCUT2D eigenvalue weighted by Crippen LogP contribution is -2.38. The molecule has 0 aromatic carbocycles. The van der Waals surface area contributed by atoms with Crippen LogP contribution in [0.5, 0.6) is 0 Å². The number of hydrogen-bond acceptors (Lipinski definition) is 5. The monoisotopic (exact) mass is 331 g/mol. The van der Waals surface area contributed by atoms with Crippen LogP contribution in [0.4, 0.5) is 5.88 Å². The Balaban J connectivity index is 1.46. The van der Waals surface area contributed by atoms with Crippen molar-refractivity contribution in [2.45, 2.75) is 38.5 Å². The predicted molar refractivity (Wildman–Crippen MR) is 90.8 cm³/mol. The van der Waals surface area contributed by atoms with Gasteiger partial charge in [0, 0.05) is 19.3 Å². The Bertz CT molecular complexity index is 683. The lowest BCUT2D eigenvalue weighted by Gasteiger charge is -2.30. The number of nitrogens with one attached hydrogen (secondary N) is 1. The number of piperidine rings is 1. The Morgan fingerprint density at radius 1 is 1.42 bits per heavy atom. The van der Waals surface area contributed by atoms with Gasteiger partial charge in [0.1, 0.15) is 0 Å². The van der Waals surface area contributed by atoms with Gasteiger partial charge in [-0.3, -0.25) is 19.7 Å². The van der Waals surface area contributed by atoms with Gasteiger partial charge >= 0.3 is 0 Å². The summed E-state index contributed by atoms with van der Waals surface area (Å²) in [4.78, 5) is 14.3. The van der Waals surface area contributed by atoms with E-state index in [4.69, 9.17) is 4.52 Å². The van der Waals surface area contributed by atoms with Crippen molar-refractivity contribution in [2.24, 2.45) is 7.05 Å². The van der Waals surface area contributed by atoms with Gasteiger partial charge in [0.2, 0.25) is 11.8 Å². The van der Waals surface area contributed by atoms with Crippen LogP contribution in [0, 0.1) is 0 Å². The summed E-state index contributed by atoms with van der Waals surface area (Å²) in [6.45, 7) is 6.30. The maximum absolute atomic E-state index is 12.2. The zero-order valence-electron chi connectivity index (χ0n) is 14.5. The number of rotatable bonds is 5. The normalized spacial score (nSPS) is 16.7. The molecule has 130 valence electrons. The Morgan fingerprint density at radius 2 is 2.17 bits per heavy atom. The number of carbonyl (C=O) groups excluding carboxylic acids is 1. The Kier molecular flexibility index (Phi) is 4.99. The van der Waals surface area contributed by atoms with Crippen molar-refractivity contribution in [3.8, 4) is 0 Å². The molecule has 3 heterocycles. The van der Waals surface area contributed by atoms with Gasteiger partial charge in [0.15, 0.2) is 0 Å². The summed E-state index contributed by atoms with van der Waals surface area (Å²) in [6.07, 6.45) is 6.14. The van der Waals surface area contributed by atoms with E-state index >= 15 is 0 Å². The van der Waals surface area contributed by atoms with E-state index in [-0.39, 0.29) is 11.8 Å². The third-order valence-electron chi connectivity index (χ3n) is 4.53. The van der Waals surface area contributed by atoms with Gasteiger partial charge in [-0.25, -0.2) is 0 Å². The smallest absolute Gasteiger partial charge is 0.240 e. The van der Waals surface area contributed by atoms with Crippen molar-refractivity contribution < 1.29 is 9.32 Å². The molecule has 1 amide bonds. The third-order valence-corrected chi connectivity index (χ3v) is 4.53. The van der Waals surface area contributed by atoms with E-state index in [1.165, 1.54) is 5.56 Å². The molecule has 1 aliphatic heterocycles. The number of anilines is 1. The van der Waals surface area contributed by atoms with Crippen LogP contribution in [0.2, 0.25) is 0 Å². The highest BCUT2D eigenvalue weighted by Crippen LogP contribution is 2.27. The SMILES string of the molecule is CC(C)c1cc(NC(=O)CN2CCC(c3cnn(C)c3)CC2)on1. The van der Waals surface area contributed by atoms with E-state index in [1.54, 1.807) is 6.07 Å². The van der Waals surface area contributed by atoms with Crippen molar-refractivity contribution in [3.63, 3.8) is 0 Å². The molecule has 0 spiro atoms. The molecule has 3 rings (SSSR count). The van der Waals surface area contributed by atoms with Crippen LogP contribution < -0.4 is 5.32 Å². The van der Waals surface area contributed by atoms with Gasteiger partial charge < -0.3 is 4.52 Å². The highest BCUT2D eigenvalue weighted by atomic mass is 16.5. The van der Waals surface area contributed by atoms with E-state index in [2.05, 4.69) is 26.7 Å². The number of likely N-dealkylation sites (tertiary alicyclic amines) is 1. The maximum atomic E-state index is 12.2. The molecule has 0 atom stereocenters. The zero-order chi connectivity index (χ0) is 17.1. The number of aromatic nitrogens is 3. The van der Waals surface area contributed by atoms with Crippen molar-refractivity contribution in [1.82, 2.24) is 19.8 Å². The minimum Gasteiger partial charge on any atom is -0.338 e. The molecule has 0 unspecified atom stereocenters. The van der Waals surface area contributed by atoms with E-state index < -0.39 is 0 Å². The first-order valence-electron chi connectivity index (χ1n) is 8.48. The highest BCUT2D eigenvalue weighted by Gasteiger charge is 2.23. The second-order valence-corrected chi connectivity index (χ2v) is 6.82. The Morgan fingerprint density at radius 3 is 2.75 bits per heavy atom. The Labute approximate surface area is 142 Å². The fourth-order valence-corrected chi connectivity index (χ4v) is 3.08. The quantitative estimate of drug-likeness (QED) is 0.910. The minimum absolute atomic E-state index is 0.0544. The molecule has 0 aliphatic carbocycles. The summed E-state index contributed by atoms with van der Waals surface area (Å²) in [7, 11) is 1.94. The van der Waals surface area contributed by atoms with Gasteiger partial charge in [-0.05, 0) is 43.3 Å². The average molecular weight is 331 g/mol. The number of nitrogens with zero attached hydrogens (tertiary/aromatic N) is 4. The molecular formula is C17H25N5O2. The van der Waals surface area contributed by atoms with Crippen LogP contribution in [-0.4, -0.2) is 45.4 Å². The first kappa shape index (κ1) is 16.7. The largest absolute Gasteiger partial charge is 0.338 e. The first-order valence-corrected chi connectivity index (χ1v) is 8.48. The molecule has 2 aromatic rings. The molecule has 0 saturated carbocycles. The molecule has 1 saturated heterocycles. The number of aryl methyl sites for hydroxylation is 1. The second kappa shape index (κ2) is 7.17. The highest BCUT2D eigenvalue weighted by molar-refractivity contribution is 5.90. The lowest BCUT2D eigenvalue weighted by molar-refractivity contribution is -0.117. The van der Waals surface area contributed by atoms with Crippen LogP contribution in [0.15, 0.2) is 23.0 Å². The predicted octanol–water partition coefficient (Wildman–Crippen LogP) is 2.35. The van der Waals surface area contributed by atoms with Gasteiger partial charge in [-0.15, -0.1) is 0 Å². The number of carbonyl (C=O) groups is 1. The second-order valence-electron chi connectivity index (χ2n) is 6.82. The lowest BCUT2D eigenvalue weighted by atomic mass is 9.91. The summed E-state index contributed by atoms with van der Waals surface area (Å²) >= 11 is 0. The van der Waals surface area contributed by atoms with Crippen LogP contribution in [0.25, 0.3) is 0 Å². The fourth-order valence-electron chi connectivity index (χ4n) is 3.08. The van der Waals surface area contributed by atoms with E-state index in [0.717, 1.165) is 31.6 Å². The van der Waals surface area contributed by atoms with Crippen LogP contribution in [-0.2, 0) is 11.8 Å². The number of amides is 1. The summed E-state index contributed by atoms with van der Waals surface area (Å²) in [5.74, 6) is 1.20. The van der Waals surface area contributed by atoms with E-state index in [0.29, 0.717) is 18.3 Å². The standard InChI is InChI=1S/C17H25N5O2/c1-12(2)15-8-17(24-20-15)19-16(23)11-22-6-4-13(5-7-22)14-9-18-21(3)10-14/h8-10,12-13H,4-7,11H2,1-3H3,(H,19,23). The summed E-state index contributed by atoms with van der Waals surface area (Å²) < 4.78 is 7.00. The molecule has 1 fully saturated rings.